The number of aromatic amines is 1. The second kappa shape index (κ2) is 6.81. The Labute approximate surface area is 146 Å². The van der Waals surface area contributed by atoms with Crippen LogP contribution < -0.4 is 4.74 Å². The average Bonchev–Trinajstić information content (AvgIpc) is 3.11. The van der Waals surface area contributed by atoms with E-state index in [2.05, 4.69) is 10.2 Å². The number of H-pyrrole nitrogens is 1. The van der Waals surface area contributed by atoms with E-state index in [1.807, 2.05) is 65.6 Å². The van der Waals surface area contributed by atoms with Gasteiger partial charge in [0.05, 0.1) is 5.69 Å². The van der Waals surface area contributed by atoms with Gasteiger partial charge in [-0.25, -0.2) is 0 Å². The molecule has 1 amide bonds. The highest BCUT2D eigenvalue weighted by atomic mass is 16.5. The topological polar surface area (TPSA) is 58.2 Å². The van der Waals surface area contributed by atoms with Crippen molar-refractivity contribution in [2.24, 2.45) is 0 Å². The number of hydrogen-bond acceptors (Lipinski definition) is 3. The van der Waals surface area contributed by atoms with Gasteiger partial charge in [-0.1, -0.05) is 48.5 Å². The van der Waals surface area contributed by atoms with Gasteiger partial charge in [0.25, 0.3) is 5.91 Å². The zero-order valence-electron chi connectivity index (χ0n) is 13.8. The van der Waals surface area contributed by atoms with Crippen molar-refractivity contribution in [1.29, 1.82) is 0 Å². The van der Waals surface area contributed by atoms with Crippen molar-refractivity contribution in [3.05, 3.63) is 71.9 Å². The lowest BCUT2D eigenvalue weighted by Gasteiger charge is -2.27. The summed E-state index contributed by atoms with van der Waals surface area (Å²) < 4.78 is 5.59. The van der Waals surface area contributed by atoms with E-state index in [0.717, 1.165) is 28.9 Å². The summed E-state index contributed by atoms with van der Waals surface area (Å²) in [5.74, 6) is 0.705. The normalized spacial score (nSPS) is 13.4. The lowest BCUT2D eigenvalue weighted by molar-refractivity contribution is -0.134. The van der Waals surface area contributed by atoms with E-state index in [1.165, 1.54) is 0 Å². The van der Waals surface area contributed by atoms with Crippen LogP contribution in [0.1, 0.15) is 11.3 Å². The Morgan fingerprint density at radius 1 is 1.08 bits per heavy atom. The largest absolute Gasteiger partial charge is 0.484 e. The van der Waals surface area contributed by atoms with Crippen LogP contribution >= 0.6 is 0 Å². The summed E-state index contributed by atoms with van der Waals surface area (Å²) in [4.78, 5) is 14.4. The van der Waals surface area contributed by atoms with E-state index < -0.39 is 0 Å². The molecule has 5 heteroatoms. The van der Waals surface area contributed by atoms with Crippen molar-refractivity contribution in [1.82, 2.24) is 15.1 Å². The molecule has 0 atom stereocenters. The molecule has 0 bridgehead atoms. The highest BCUT2D eigenvalue weighted by molar-refractivity contribution is 5.78. The smallest absolute Gasteiger partial charge is 0.260 e. The van der Waals surface area contributed by atoms with E-state index in [1.54, 1.807) is 0 Å². The van der Waals surface area contributed by atoms with Crippen LogP contribution in [0.5, 0.6) is 5.75 Å². The van der Waals surface area contributed by atoms with Crippen molar-refractivity contribution in [3.63, 3.8) is 0 Å². The van der Waals surface area contributed by atoms with E-state index in [-0.39, 0.29) is 12.5 Å². The van der Waals surface area contributed by atoms with E-state index >= 15 is 0 Å². The predicted octanol–water partition coefficient (Wildman–Crippen LogP) is 3.04. The van der Waals surface area contributed by atoms with E-state index in [4.69, 9.17) is 4.74 Å². The van der Waals surface area contributed by atoms with Gasteiger partial charge in [-0.15, -0.1) is 0 Å². The first kappa shape index (κ1) is 15.4. The summed E-state index contributed by atoms with van der Waals surface area (Å²) in [7, 11) is 0. The molecular weight excluding hydrogens is 314 g/mol. The quantitative estimate of drug-likeness (QED) is 0.798. The second-order valence-electron chi connectivity index (χ2n) is 6.06. The molecule has 1 aliphatic heterocycles. The van der Waals surface area contributed by atoms with Gasteiger partial charge in [-0.3, -0.25) is 9.89 Å². The highest BCUT2D eigenvalue weighted by Crippen LogP contribution is 2.28. The fraction of sp³-hybridized carbons (Fsp3) is 0.200. The summed E-state index contributed by atoms with van der Waals surface area (Å²) in [5.41, 5.74) is 4.21. The monoisotopic (exact) mass is 333 g/mol. The third-order valence-electron chi connectivity index (χ3n) is 4.44. The van der Waals surface area contributed by atoms with Crippen LogP contribution in [0.15, 0.2) is 60.7 Å². The summed E-state index contributed by atoms with van der Waals surface area (Å²) in [6.45, 7) is 1.30. The third kappa shape index (κ3) is 3.26. The molecule has 0 spiro atoms. The number of para-hydroxylation sites is 1. The number of hydrogen-bond donors (Lipinski definition) is 1. The maximum Gasteiger partial charge on any atom is 0.260 e. The SMILES string of the molecule is O=C(COc1ccccc1)N1CCc2[nH]nc(-c3ccccc3)c2C1. The molecule has 5 nitrogen and oxygen atoms in total. The minimum atomic E-state index is -0.00489. The number of fused-ring (bicyclic) bond motifs is 1. The Hall–Kier alpha value is -3.08. The lowest BCUT2D eigenvalue weighted by Crippen LogP contribution is -2.38. The minimum absolute atomic E-state index is 0.00489. The first-order chi connectivity index (χ1) is 12.3. The van der Waals surface area contributed by atoms with Crippen LogP contribution in [0.4, 0.5) is 0 Å². The molecule has 0 fully saturated rings. The molecular formula is C20H19N3O2. The summed E-state index contributed by atoms with van der Waals surface area (Å²) in [6, 6.07) is 19.5. The number of carbonyl (C=O) groups is 1. The molecule has 0 radical (unpaired) electrons. The molecule has 1 N–H and O–H groups in total. The zero-order chi connectivity index (χ0) is 17.1. The predicted molar refractivity (Wildman–Crippen MR) is 95.1 cm³/mol. The van der Waals surface area contributed by atoms with Crippen LogP contribution in [0.3, 0.4) is 0 Å². The van der Waals surface area contributed by atoms with Crippen molar-refractivity contribution < 1.29 is 9.53 Å². The maximum absolute atomic E-state index is 12.5. The van der Waals surface area contributed by atoms with Crippen LogP contribution in [-0.2, 0) is 17.8 Å². The van der Waals surface area contributed by atoms with Gasteiger partial charge in [0.15, 0.2) is 6.61 Å². The van der Waals surface area contributed by atoms with Crippen LogP contribution in [0.2, 0.25) is 0 Å². The lowest BCUT2D eigenvalue weighted by atomic mass is 10.0. The van der Waals surface area contributed by atoms with Gasteiger partial charge in [0, 0.05) is 36.3 Å². The fourth-order valence-electron chi connectivity index (χ4n) is 3.10. The van der Waals surface area contributed by atoms with Gasteiger partial charge < -0.3 is 9.64 Å². The summed E-state index contributed by atoms with van der Waals surface area (Å²) in [5, 5.41) is 7.58. The standard InChI is InChI=1S/C20H19N3O2/c24-19(14-25-16-9-5-2-6-10-16)23-12-11-18-17(13-23)20(22-21-18)15-7-3-1-4-8-15/h1-10H,11-14H2,(H,21,22). The molecule has 0 aliphatic carbocycles. The van der Waals surface area contributed by atoms with Crippen LogP contribution in [0.25, 0.3) is 11.3 Å². The van der Waals surface area contributed by atoms with Crippen molar-refractivity contribution in [2.45, 2.75) is 13.0 Å². The molecule has 1 aliphatic rings. The van der Waals surface area contributed by atoms with Gasteiger partial charge in [0.2, 0.25) is 0 Å². The molecule has 0 unspecified atom stereocenters. The van der Waals surface area contributed by atoms with Gasteiger partial charge in [0.1, 0.15) is 5.75 Å². The molecule has 0 saturated heterocycles. The Morgan fingerprint density at radius 3 is 2.56 bits per heavy atom. The average molecular weight is 333 g/mol. The highest BCUT2D eigenvalue weighted by Gasteiger charge is 2.25. The minimum Gasteiger partial charge on any atom is -0.484 e. The number of nitrogens with one attached hydrogen (secondary N) is 1. The van der Waals surface area contributed by atoms with Gasteiger partial charge in [-0.2, -0.15) is 5.10 Å². The molecule has 3 aromatic rings. The van der Waals surface area contributed by atoms with Crippen molar-refractivity contribution in [3.8, 4) is 17.0 Å². The van der Waals surface area contributed by atoms with Crippen LogP contribution in [-0.4, -0.2) is 34.2 Å². The number of aromatic nitrogens is 2. The molecule has 4 rings (SSSR count). The number of carbonyl (C=O) groups excluding carboxylic acids is 1. The van der Waals surface area contributed by atoms with Crippen molar-refractivity contribution >= 4 is 5.91 Å². The van der Waals surface area contributed by atoms with E-state index in [9.17, 15) is 4.79 Å². The first-order valence-electron chi connectivity index (χ1n) is 8.38. The number of benzene rings is 2. The molecule has 126 valence electrons. The van der Waals surface area contributed by atoms with Crippen LogP contribution in [0, 0.1) is 0 Å². The van der Waals surface area contributed by atoms with Gasteiger partial charge in [-0.05, 0) is 12.1 Å². The fourth-order valence-corrected chi connectivity index (χ4v) is 3.10. The Bertz CT molecular complexity index is 859. The first-order valence-corrected chi connectivity index (χ1v) is 8.38. The van der Waals surface area contributed by atoms with Gasteiger partial charge >= 0.3 is 0 Å². The Morgan fingerprint density at radius 2 is 1.80 bits per heavy atom. The molecule has 25 heavy (non-hydrogen) atoms. The van der Waals surface area contributed by atoms with Crippen molar-refractivity contribution in [2.75, 3.05) is 13.2 Å². The maximum atomic E-state index is 12.5. The number of ether oxygens (including phenoxy) is 1. The zero-order valence-corrected chi connectivity index (χ0v) is 13.8. The molecule has 0 saturated carbocycles. The Kier molecular flexibility index (Phi) is 4.21. The third-order valence-corrected chi connectivity index (χ3v) is 4.44. The summed E-state index contributed by atoms with van der Waals surface area (Å²) in [6.07, 6.45) is 0.784. The molecule has 1 aromatic heterocycles. The van der Waals surface area contributed by atoms with E-state index in [0.29, 0.717) is 18.8 Å². The summed E-state index contributed by atoms with van der Waals surface area (Å²) >= 11 is 0. The molecule has 2 heterocycles. The Balaban J connectivity index is 1.47. The molecule has 2 aromatic carbocycles. The number of nitrogens with zero attached hydrogens (tertiary/aromatic N) is 2. The second-order valence-corrected chi connectivity index (χ2v) is 6.06. The number of amides is 1. The number of rotatable bonds is 4.